The fourth-order valence-electron chi connectivity index (χ4n) is 2.97. The van der Waals surface area contributed by atoms with E-state index in [0.29, 0.717) is 5.92 Å². The van der Waals surface area contributed by atoms with Crippen LogP contribution in [0.2, 0.25) is 5.02 Å². The highest BCUT2D eigenvalue weighted by Gasteiger charge is 2.21. The molecule has 1 heterocycles. The van der Waals surface area contributed by atoms with Crippen LogP contribution < -0.4 is 0 Å². The minimum absolute atomic E-state index is 0.195. The summed E-state index contributed by atoms with van der Waals surface area (Å²) in [5.74, 6) is 0.844. The normalized spacial score (nSPS) is 16.9. The maximum Gasteiger partial charge on any atom is 0.219 e. The van der Waals surface area contributed by atoms with Gasteiger partial charge in [0.1, 0.15) is 0 Å². The number of rotatable bonds is 5. The van der Waals surface area contributed by atoms with Crippen LogP contribution in [0.5, 0.6) is 0 Å². The molecule has 1 fully saturated rings. The zero-order valence-electron chi connectivity index (χ0n) is 13.0. The molecule has 0 radical (unpaired) electrons. The molecule has 4 heteroatoms. The van der Waals surface area contributed by atoms with Gasteiger partial charge in [0.25, 0.3) is 0 Å². The van der Waals surface area contributed by atoms with Crippen LogP contribution in [-0.4, -0.2) is 41.9 Å². The molecule has 1 aliphatic heterocycles. The largest absolute Gasteiger partial charge is 0.343 e. The van der Waals surface area contributed by atoms with Crippen molar-refractivity contribution in [2.24, 2.45) is 5.92 Å². The van der Waals surface area contributed by atoms with Gasteiger partial charge < -0.3 is 4.90 Å². The SMILES string of the molecule is CCN(CC1CCN(Cc2ccc(Cl)cc2)CC1)C(C)=O. The van der Waals surface area contributed by atoms with E-state index in [1.807, 2.05) is 17.0 Å². The lowest BCUT2D eigenvalue weighted by atomic mass is 9.95. The average Bonchev–Trinajstić information content (AvgIpc) is 2.48. The Morgan fingerprint density at radius 2 is 1.90 bits per heavy atom. The molecule has 1 saturated heterocycles. The first-order chi connectivity index (χ1) is 10.1. The number of hydrogen-bond acceptors (Lipinski definition) is 2. The van der Waals surface area contributed by atoms with E-state index in [0.717, 1.165) is 37.7 Å². The fraction of sp³-hybridized carbons (Fsp3) is 0.588. The van der Waals surface area contributed by atoms with E-state index in [4.69, 9.17) is 11.6 Å². The van der Waals surface area contributed by atoms with Gasteiger partial charge in [-0.2, -0.15) is 0 Å². The van der Waals surface area contributed by atoms with Crippen LogP contribution in [0.25, 0.3) is 0 Å². The molecule has 0 bridgehead atoms. The summed E-state index contributed by atoms with van der Waals surface area (Å²) >= 11 is 5.92. The molecule has 1 aromatic carbocycles. The van der Waals surface area contributed by atoms with Gasteiger partial charge in [-0.05, 0) is 56.5 Å². The summed E-state index contributed by atoms with van der Waals surface area (Å²) in [6.07, 6.45) is 2.36. The first-order valence-electron chi connectivity index (χ1n) is 7.80. The van der Waals surface area contributed by atoms with Crippen molar-refractivity contribution in [3.63, 3.8) is 0 Å². The van der Waals surface area contributed by atoms with Crippen molar-refractivity contribution < 1.29 is 4.79 Å². The van der Waals surface area contributed by atoms with Crippen molar-refractivity contribution in [2.75, 3.05) is 26.2 Å². The Bertz CT molecular complexity index is 452. The van der Waals surface area contributed by atoms with Gasteiger partial charge in [-0.15, -0.1) is 0 Å². The number of nitrogens with zero attached hydrogens (tertiary/aromatic N) is 2. The third kappa shape index (κ3) is 5.01. The van der Waals surface area contributed by atoms with E-state index in [2.05, 4.69) is 24.0 Å². The van der Waals surface area contributed by atoms with Crippen LogP contribution in [0, 0.1) is 5.92 Å². The highest BCUT2D eigenvalue weighted by Crippen LogP contribution is 2.20. The number of piperidine rings is 1. The van der Waals surface area contributed by atoms with E-state index in [-0.39, 0.29) is 5.91 Å². The Balaban J connectivity index is 1.77. The number of hydrogen-bond donors (Lipinski definition) is 0. The molecule has 1 aliphatic rings. The molecule has 0 saturated carbocycles. The van der Waals surface area contributed by atoms with Crippen molar-refractivity contribution in [3.05, 3.63) is 34.9 Å². The summed E-state index contributed by atoms with van der Waals surface area (Å²) in [6.45, 7) is 8.68. The lowest BCUT2D eigenvalue weighted by Gasteiger charge is -2.34. The van der Waals surface area contributed by atoms with Crippen LogP contribution in [-0.2, 0) is 11.3 Å². The first kappa shape index (κ1) is 16.3. The Kier molecular flexibility index (Phi) is 6.07. The second-order valence-electron chi connectivity index (χ2n) is 5.90. The van der Waals surface area contributed by atoms with Gasteiger partial charge in [-0.3, -0.25) is 9.69 Å². The summed E-state index contributed by atoms with van der Waals surface area (Å²) in [7, 11) is 0. The van der Waals surface area contributed by atoms with Crippen LogP contribution in [0.4, 0.5) is 0 Å². The molecule has 3 nitrogen and oxygen atoms in total. The second-order valence-corrected chi connectivity index (χ2v) is 6.34. The smallest absolute Gasteiger partial charge is 0.219 e. The lowest BCUT2D eigenvalue weighted by Crippen LogP contribution is -2.39. The van der Waals surface area contributed by atoms with Crippen LogP contribution in [0.15, 0.2) is 24.3 Å². The van der Waals surface area contributed by atoms with Gasteiger partial charge >= 0.3 is 0 Å². The van der Waals surface area contributed by atoms with E-state index in [1.165, 1.54) is 18.4 Å². The fourth-order valence-corrected chi connectivity index (χ4v) is 3.09. The Labute approximate surface area is 132 Å². The van der Waals surface area contributed by atoms with Crippen molar-refractivity contribution in [1.29, 1.82) is 0 Å². The predicted molar refractivity (Wildman–Crippen MR) is 87.4 cm³/mol. The van der Waals surface area contributed by atoms with Gasteiger partial charge in [0.05, 0.1) is 0 Å². The minimum atomic E-state index is 0.195. The number of carbonyl (C=O) groups excluding carboxylic acids is 1. The Hall–Kier alpha value is -1.06. The van der Waals surface area contributed by atoms with E-state index < -0.39 is 0 Å². The Morgan fingerprint density at radius 3 is 2.43 bits per heavy atom. The Morgan fingerprint density at radius 1 is 1.29 bits per heavy atom. The zero-order valence-corrected chi connectivity index (χ0v) is 13.8. The molecule has 0 atom stereocenters. The van der Waals surface area contributed by atoms with Crippen LogP contribution in [0.1, 0.15) is 32.3 Å². The maximum absolute atomic E-state index is 11.5. The third-order valence-electron chi connectivity index (χ3n) is 4.33. The van der Waals surface area contributed by atoms with Gasteiger partial charge in [0, 0.05) is 31.6 Å². The average molecular weight is 309 g/mol. The molecular formula is C17H25ClN2O. The quantitative estimate of drug-likeness (QED) is 0.832. The molecule has 1 amide bonds. The van der Waals surface area contributed by atoms with Crippen LogP contribution in [0.3, 0.4) is 0 Å². The third-order valence-corrected chi connectivity index (χ3v) is 4.58. The summed E-state index contributed by atoms with van der Waals surface area (Å²) in [4.78, 5) is 15.9. The van der Waals surface area contributed by atoms with Crippen LogP contribution >= 0.6 is 11.6 Å². The molecule has 0 N–H and O–H groups in total. The van der Waals surface area contributed by atoms with Crippen molar-refractivity contribution in [1.82, 2.24) is 9.80 Å². The zero-order chi connectivity index (χ0) is 15.2. The maximum atomic E-state index is 11.5. The molecule has 2 rings (SSSR count). The van der Waals surface area contributed by atoms with Crippen molar-refractivity contribution >= 4 is 17.5 Å². The molecule has 0 aliphatic carbocycles. The van der Waals surface area contributed by atoms with Gasteiger partial charge in [0.15, 0.2) is 0 Å². The minimum Gasteiger partial charge on any atom is -0.343 e. The number of benzene rings is 1. The number of likely N-dealkylation sites (tertiary alicyclic amines) is 1. The van der Waals surface area contributed by atoms with Crippen molar-refractivity contribution in [3.8, 4) is 0 Å². The molecular weight excluding hydrogens is 284 g/mol. The van der Waals surface area contributed by atoms with E-state index in [9.17, 15) is 4.79 Å². The summed E-state index contributed by atoms with van der Waals surface area (Å²) in [5, 5.41) is 0.793. The number of halogens is 1. The second kappa shape index (κ2) is 7.81. The summed E-state index contributed by atoms with van der Waals surface area (Å²) < 4.78 is 0. The monoisotopic (exact) mass is 308 g/mol. The topological polar surface area (TPSA) is 23.6 Å². The standard InChI is InChI=1S/C17H25ClN2O/c1-3-20(14(2)21)13-16-8-10-19(11-9-16)12-15-4-6-17(18)7-5-15/h4-7,16H,3,8-13H2,1-2H3. The molecule has 0 unspecified atom stereocenters. The van der Waals surface area contributed by atoms with Crippen molar-refractivity contribution in [2.45, 2.75) is 33.2 Å². The molecule has 0 spiro atoms. The summed E-state index contributed by atoms with van der Waals surface area (Å²) in [6, 6.07) is 8.11. The van der Waals surface area contributed by atoms with E-state index in [1.54, 1.807) is 6.92 Å². The van der Waals surface area contributed by atoms with E-state index >= 15 is 0 Å². The van der Waals surface area contributed by atoms with Gasteiger partial charge in [-0.25, -0.2) is 0 Å². The summed E-state index contributed by atoms with van der Waals surface area (Å²) in [5.41, 5.74) is 1.32. The molecule has 21 heavy (non-hydrogen) atoms. The number of amides is 1. The molecule has 1 aromatic rings. The molecule has 116 valence electrons. The van der Waals surface area contributed by atoms with Gasteiger partial charge in [-0.1, -0.05) is 23.7 Å². The van der Waals surface area contributed by atoms with Gasteiger partial charge in [0.2, 0.25) is 5.91 Å². The lowest BCUT2D eigenvalue weighted by molar-refractivity contribution is -0.129. The number of carbonyl (C=O) groups is 1. The highest BCUT2D eigenvalue weighted by atomic mass is 35.5. The predicted octanol–water partition coefficient (Wildman–Crippen LogP) is 3.42. The first-order valence-corrected chi connectivity index (χ1v) is 8.18. The molecule has 0 aromatic heterocycles. The highest BCUT2D eigenvalue weighted by molar-refractivity contribution is 6.30.